The van der Waals surface area contributed by atoms with Crippen molar-refractivity contribution in [3.63, 3.8) is 0 Å². The van der Waals surface area contributed by atoms with E-state index < -0.39 is 27.1 Å². The van der Waals surface area contributed by atoms with E-state index in [1.165, 1.54) is 0 Å². The van der Waals surface area contributed by atoms with Crippen LogP contribution in [0.5, 0.6) is 0 Å². The summed E-state index contributed by atoms with van der Waals surface area (Å²) >= 11 is 0. The number of aryl methyl sites for hydroxylation is 1. The lowest BCUT2D eigenvalue weighted by atomic mass is 10.1. The molecule has 0 bridgehead atoms. The Labute approximate surface area is 150 Å². The summed E-state index contributed by atoms with van der Waals surface area (Å²) in [5.74, 6) is -0.837. The fourth-order valence-electron chi connectivity index (χ4n) is 2.17. The first-order valence-electron chi connectivity index (χ1n) is 7.54. The number of rotatable bonds is 7. The second kappa shape index (κ2) is 8.07. The highest BCUT2D eigenvalue weighted by molar-refractivity contribution is 7.86. The highest BCUT2D eigenvalue weighted by atomic mass is 32.2. The molecule has 0 N–H and O–H groups in total. The van der Waals surface area contributed by atoms with E-state index in [1.807, 2.05) is 19.1 Å². The maximum atomic E-state index is 12.4. The normalized spacial score (nSPS) is 12.4. The zero-order chi connectivity index (χ0) is 19.3. The number of non-ortho nitro benzene ring substituents is 1. The Kier molecular flexibility index (Phi) is 6.06. The molecule has 0 saturated carbocycles. The van der Waals surface area contributed by atoms with Crippen LogP contribution < -0.4 is 0 Å². The quantitative estimate of drug-likeness (QED) is 0.314. The van der Waals surface area contributed by atoms with Crippen molar-refractivity contribution in [2.75, 3.05) is 7.11 Å². The van der Waals surface area contributed by atoms with Crippen LogP contribution in [0.1, 0.15) is 11.1 Å². The predicted octanol–water partition coefficient (Wildman–Crippen LogP) is 2.39. The molecule has 0 aliphatic carbocycles. The number of hydrogen-bond donors (Lipinski definition) is 0. The number of nitrogens with zero attached hydrogens (tertiary/aromatic N) is 1. The van der Waals surface area contributed by atoms with Gasteiger partial charge in [-0.15, -0.1) is 0 Å². The molecule has 138 valence electrons. The van der Waals surface area contributed by atoms with Crippen molar-refractivity contribution in [3.8, 4) is 0 Å². The van der Waals surface area contributed by atoms with Crippen LogP contribution in [0, 0.1) is 17.0 Å². The Morgan fingerprint density at radius 2 is 1.69 bits per heavy atom. The van der Waals surface area contributed by atoms with Gasteiger partial charge in [0, 0.05) is 18.6 Å². The van der Waals surface area contributed by atoms with Gasteiger partial charge in [0.05, 0.1) is 16.9 Å². The van der Waals surface area contributed by atoms with Crippen LogP contribution in [0.25, 0.3) is 0 Å². The van der Waals surface area contributed by atoms with Crippen molar-refractivity contribution >= 4 is 21.8 Å². The monoisotopic (exact) mass is 379 g/mol. The van der Waals surface area contributed by atoms with Gasteiger partial charge >= 0.3 is 5.97 Å². The minimum Gasteiger partial charge on any atom is -0.467 e. The Bertz CT molecular complexity index is 890. The zero-order valence-electron chi connectivity index (χ0n) is 14.1. The van der Waals surface area contributed by atoms with Crippen molar-refractivity contribution in [3.05, 3.63) is 69.8 Å². The lowest BCUT2D eigenvalue weighted by molar-refractivity contribution is -0.384. The van der Waals surface area contributed by atoms with Crippen LogP contribution in [-0.2, 0) is 30.3 Å². The van der Waals surface area contributed by atoms with E-state index in [9.17, 15) is 23.3 Å². The summed E-state index contributed by atoms with van der Waals surface area (Å²) < 4.78 is 34.4. The summed E-state index contributed by atoms with van der Waals surface area (Å²) in [5, 5.41) is 10.7. The number of carbonyl (C=O) groups is 1. The number of nitro groups is 1. The molecule has 0 aliphatic heterocycles. The molecule has 0 radical (unpaired) electrons. The largest absolute Gasteiger partial charge is 0.467 e. The lowest BCUT2D eigenvalue weighted by Crippen LogP contribution is -2.30. The van der Waals surface area contributed by atoms with Gasteiger partial charge in [0.25, 0.3) is 15.8 Å². The number of ether oxygens (including phenoxy) is 1. The van der Waals surface area contributed by atoms with Crippen LogP contribution >= 0.6 is 0 Å². The maximum Gasteiger partial charge on any atom is 0.336 e. The number of esters is 1. The molecule has 0 fully saturated rings. The van der Waals surface area contributed by atoms with Gasteiger partial charge in [-0.1, -0.05) is 29.8 Å². The SMILES string of the molecule is COC(=O)[C@@H](Cc1ccc(C)cc1)OS(=O)(=O)c1ccc([N+](=O)[O-])cc1. The molecule has 1 atom stereocenters. The molecule has 0 spiro atoms. The standard InChI is InChI=1S/C17H17NO7S/c1-12-3-5-13(6-4-12)11-16(17(19)24-2)25-26(22,23)15-9-7-14(8-10-15)18(20)21/h3-10,16H,11H2,1-2H3/t16-/m1/s1. The molecule has 0 unspecified atom stereocenters. The van der Waals surface area contributed by atoms with E-state index in [4.69, 9.17) is 4.18 Å². The molecular weight excluding hydrogens is 362 g/mol. The Balaban J connectivity index is 2.24. The second-order valence-electron chi connectivity index (χ2n) is 5.50. The maximum absolute atomic E-state index is 12.4. The van der Waals surface area contributed by atoms with E-state index in [-0.39, 0.29) is 17.0 Å². The molecule has 0 aliphatic rings. The number of benzene rings is 2. The van der Waals surface area contributed by atoms with E-state index in [1.54, 1.807) is 12.1 Å². The molecule has 8 nitrogen and oxygen atoms in total. The molecular formula is C17H17NO7S. The van der Waals surface area contributed by atoms with Crippen molar-refractivity contribution in [1.29, 1.82) is 0 Å². The first kappa shape index (κ1) is 19.5. The Morgan fingerprint density at radius 3 is 2.19 bits per heavy atom. The highest BCUT2D eigenvalue weighted by Crippen LogP contribution is 2.20. The van der Waals surface area contributed by atoms with Gasteiger partial charge in [0.15, 0.2) is 6.10 Å². The van der Waals surface area contributed by atoms with Crippen molar-refractivity contribution in [2.45, 2.75) is 24.3 Å². The first-order valence-corrected chi connectivity index (χ1v) is 8.95. The molecule has 2 aromatic rings. The summed E-state index contributed by atoms with van der Waals surface area (Å²) in [5.41, 5.74) is 1.46. The smallest absolute Gasteiger partial charge is 0.336 e. The van der Waals surface area contributed by atoms with Gasteiger partial charge in [-0.3, -0.25) is 14.3 Å². The molecule has 0 saturated heterocycles. The number of nitro benzene ring substituents is 1. The molecule has 2 rings (SSSR count). The number of methoxy groups -OCH3 is 1. The molecule has 26 heavy (non-hydrogen) atoms. The van der Waals surface area contributed by atoms with E-state index in [0.717, 1.165) is 36.9 Å². The third-order valence-electron chi connectivity index (χ3n) is 3.58. The zero-order valence-corrected chi connectivity index (χ0v) is 14.9. The Hall–Kier alpha value is -2.78. The van der Waals surface area contributed by atoms with Gasteiger partial charge in [0.2, 0.25) is 0 Å². The number of hydrogen-bond acceptors (Lipinski definition) is 7. The van der Waals surface area contributed by atoms with E-state index >= 15 is 0 Å². The fourth-order valence-corrected chi connectivity index (χ4v) is 3.20. The average Bonchev–Trinajstić information content (AvgIpc) is 2.62. The molecule has 2 aromatic carbocycles. The summed E-state index contributed by atoms with van der Waals surface area (Å²) in [7, 11) is -3.18. The lowest BCUT2D eigenvalue weighted by Gasteiger charge is -2.15. The van der Waals surface area contributed by atoms with Crippen molar-refractivity contribution < 1.29 is 27.1 Å². The topological polar surface area (TPSA) is 113 Å². The van der Waals surface area contributed by atoms with Gasteiger partial charge in [-0.25, -0.2) is 4.79 Å². The van der Waals surface area contributed by atoms with Gasteiger partial charge in [-0.05, 0) is 24.6 Å². The van der Waals surface area contributed by atoms with Crippen LogP contribution in [0.4, 0.5) is 5.69 Å². The average molecular weight is 379 g/mol. The van der Waals surface area contributed by atoms with Gasteiger partial charge in [-0.2, -0.15) is 8.42 Å². The first-order chi connectivity index (χ1) is 12.2. The summed E-state index contributed by atoms with van der Waals surface area (Å²) in [6, 6.07) is 11.4. The predicted molar refractivity (Wildman–Crippen MR) is 92.1 cm³/mol. The third kappa shape index (κ3) is 4.87. The number of carbonyl (C=O) groups excluding carboxylic acids is 1. The third-order valence-corrected chi connectivity index (χ3v) is 4.92. The fraction of sp³-hybridized carbons (Fsp3) is 0.235. The Morgan fingerprint density at radius 1 is 1.12 bits per heavy atom. The molecule has 0 amide bonds. The van der Waals surface area contributed by atoms with E-state index in [0.29, 0.717) is 5.56 Å². The van der Waals surface area contributed by atoms with Crippen molar-refractivity contribution in [1.82, 2.24) is 0 Å². The molecule has 0 aromatic heterocycles. The van der Waals surface area contributed by atoms with Crippen LogP contribution in [0.2, 0.25) is 0 Å². The van der Waals surface area contributed by atoms with Crippen LogP contribution in [0.3, 0.4) is 0 Å². The molecule has 9 heteroatoms. The van der Waals surface area contributed by atoms with Crippen LogP contribution in [-0.4, -0.2) is 32.5 Å². The van der Waals surface area contributed by atoms with Crippen molar-refractivity contribution in [2.24, 2.45) is 0 Å². The highest BCUT2D eigenvalue weighted by Gasteiger charge is 2.29. The molecule has 0 heterocycles. The summed E-state index contributed by atoms with van der Waals surface area (Å²) in [6.45, 7) is 1.90. The van der Waals surface area contributed by atoms with Gasteiger partial charge in [0.1, 0.15) is 0 Å². The van der Waals surface area contributed by atoms with Gasteiger partial charge < -0.3 is 4.74 Å². The minimum absolute atomic E-state index is 0.000829. The summed E-state index contributed by atoms with van der Waals surface area (Å²) in [6.07, 6.45) is -1.37. The van der Waals surface area contributed by atoms with E-state index in [2.05, 4.69) is 4.74 Å². The summed E-state index contributed by atoms with van der Waals surface area (Å²) in [4.78, 5) is 21.7. The minimum atomic E-state index is -4.31. The van der Waals surface area contributed by atoms with Crippen LogP contribution in [0.15, 0.2) is 53.4 Å². The second-order valence-corrected chi connectivity index (χ2v) is 7.07.